The van der Waals surface area contributed by atoms with E-state index in [1.54, 1.807) is 16.8 Å². The topological polar surface area (TPSA) is 69.6 Å². The fraction of sp³-hybridized carbons (Fsp3) is 0.417. The van der Waals surface area contributed by atoms with E-state index in [1.807, 2.05) is 0 Å². The van der Waals surface area contributed by atoms with Crippen LogP contribution in [0, 0.1) is 11.7 Å². The van der Waals surface area contributed by atoms with Gasteiger partial charge in [0.15, 0.2) is 5.82 Å². The first-order valence-electron chi connectivity index (χ1n) is 6.00. The molecule has 1 aliphatic rings. The summed E-state index contributed by atoms with van der Waals surface area (Å²) in [6.45, 7) is 2.10. The Morgan fingerprint density at radius 1 is 1.44 bits per heavy atom. The molecule has 1 fully saturated rings. The van der Waals surface area contributed by atoms with Gasteiger partial charge in [0.25, 0.3) is 0 Å². The Labute approximate surface area is 104 Å². The van der Waals surface area contributed by atoms with Crippen molar-refractivity contribution < 1.29 is 4.39 Å². The molecule has 0 spiro atoms. The molecule has 6 heteroatoms. The van der Waals surface area contributed by atoms with Crippen molar-refractivity contribution in [1.29, 1.82) is 0 Å². The zero-order valence-electron chi connectivity index (χ0n) is 10.0. The Hall–Kier alpha value is -1.98. The molecular formula is C12H14FN5. The summed E-state index contributed by atoms with van der Waals surface area (Å²) >= 11 is 0. The molecule has 94 valence electrons. The molecule has 1 unspecified atom stereocenters. The molecule has 1 heterocycles. The van der Waals surface area contributed by atoms with Gasteiger partial charge >= 0.3 is 0 Å². The Morgan fingerprint density at radius 3 is 2.89 bits per heavy atom. The highest BCUT2D eigenvalue weighted by Crippen LogP contribution is 2.40. The van der Waals surface area contributed by atoms with E-state index in [1.165, 1.54) is 18.9 Å². The number of hydrogen-bond acceptors (Lipinski definition) is 4. The van der Waals surface area contributed by atoms with Gasteiger partial charge in [-0.15, -0.1) is 5.10 Å². The summed E-state index contributed by atoms with van der Waals surface area (Å²) in [6, 6.07) is 4.82. The van der Waals surface area contributed by atoms with Crippen LogP contribution >= 0.6 is 0 Å². The molecule has 0 bridgehead atoms. The smallest absolute Gasteiger partial charge is 0.182 e. The lowest BCUT2D eigenvalue weighted by atomic mass is 10.1. The maximum absolute atomic E-state index is 13.2. The molecule has 1 aliphatic carbocycles. The Morgan fingerprint density at radius 2 is 2.22 bits per heavy atom. The molecule has 1 aromatic heterocycles. The number of rotatable bonds is 3. The van der Waals surface area contributed by atoms with Crippen LogP contribution in [0.2, 0.25) is 0 Å². The number of aromatic nitrogens is 4. The van der Waals surface area contributed by atoms with Crippen molar-refractivity contribution in [2.45, 2.75) is 25.8 Å². The Balaban J connectivity index is 2.00. The number of benzene rings is 1. The number of nitrogens with two attached hydrogens (primary N) is 1. The first-order chi connectivity index (χ1) is 8.66. The fourth-order valence-electron chi connectivity index (χ4n) is 2.12. The second-order valence-corrected chi connectivity index (χ2v) is 4.76. The van der Waals surface area contributed by atoms with Gasteiger partial charge in [-0.3, -0.25) is 0 Å². The van der Waals surface area contributed by atoms with E-state index in [0.29, 0.717) is 11.7 Å². The predicted octanol–water partition coefficient (Wildman–Crippen LogP) is 2.03. The molecule has 18 heavy (non-hydrogen) atoms. The van der Waals surface area contributed by atoms with Crippen LogP contribution in [0.3, 0.4) is 0 Å². The highest BCUT2D eigenvalue weighted by molar-refractivity contribution is 5.61. The van der Waals surface area contributed by atoms with E-state index in [-0.39, 0.29) is 11.7 Å². The standard InChI is InChI=1S/C12H14FN5/c1-7(8-2-3-8)18-12(15-16-17-18)9-4-5-10(13)11(14)6-9/h4-8H,2-3,14H2,1H3. The van der Waals surface area contributed by atoms with Crippen molar-refractivity contribution >= 4 is 5.69 Å². The van der Waals surface area contributed by atoms with Crippen LogP contribution in [-0.2, 0) is 0 Å². The number of hydrogen-bond donors (Lipinski definition) is 1. The first kappa shape index (κ1) is 11.1. The third-order valence-electron chi connectivity index (χ3n) is 3.44. The number of tetrazole rings is 1. The Bertz CT molecular complexity index is 576. The van der Waals surface area contributed by atoms with Crippen molar-refractivity contribution in [2.24, 2.45) is 5.92 Å². The average molecular weight is 247 g/mol. The van der Waals surface area contributed by atoms with E-state index < -0.39 is 5.82 Å². The van der Waals surface area contributed by atoms with Gasteiger partial charge in [0.1, 0.15) is 5.82 Å². The fourth-order valence-corrected chi connectivity index (χ4v) is 2.12. The van der Waals surface area contributed by atoms with Gasteiger partial charge in [0.2, 0.25) is 0 Å². The minimum atomic E-state index is -0.423. The first-order valence-corrected chi connectivity index (χ1v) is 6.00. The van der Waals surface area contributed by atoms with Crippen LogP contribution in [0.25, 0.3) is 11.4 Å². The van der Waals surface area contributed by atoms with E-state index in [9.17, 15) is 4.39 Å². The van der Waals surface area contributed by atoms with Gasteiger partial charge in [-0.05, 0) is 54.3 Å². The molecule has 1 aromatic carbocycles. The lowest BCUT2D eigenvalue weighted by Gasteiger charge is -2.12. The highest BCUT2D eigenvalue weighted by atomic mass is 19.1. The molecule has 5 nitrogen and oxygen atoms in total. The highest BCUT2D eigenvalue weighted by Gasteiger charge is 2.31. The molecule has 2 aromatic rings. The van der Waals surface area contributed by atoms with Gasteiger partial charge in [0, 0.05) is 5.56 Å². The minimum Gasteiger partial charge on any atom is -0.396 e. The predicted molar refractivity (Wildman–Crippen MR) is 65.1 cm³/mol. The summed E-state index contributed by atoms with van der Waals surface area (Å²) in [5.41, 5.74) is 6.43. The van der Waals surface area contributed by atoms with Crippen LogP contribution in [0.1, 0.15) is 25.8 Å². The molecule has 0 saturated heterocycles. The van der Waals surface area contributed by atoms with Gasteiger partial charge in [-0.2, -0.15) is 0 Å². The summed E-state index contributed by atoms with van der Waals surface area (Å²) in [5, 5.41) is 11.7. The normalized spacial score (nSPS) is 16.8. The summed E-state index contributed by atoms with van der Waals surface area (Å²) in [4.78, 5) is 0. The van der Waals surface area contributed by atoms with Gasteiger partial charge in [-0.1, -0.05) is 0 Å². The van der Waals surface area contributed by atoms with E-state index >= 15 is 0 Å². The molecule has 3 rings (SSSR count). The average Bonchev–Trinajstić information content (AvgIpc) is 3.09. The number of nitrogen functional groups attached to an aromatic ring is 1. The number of nitrogens with zero attached hydrogens (tertiary/aromatic N) is 4. The Kier molecular flexibility index (Phi) is 2.50. The van der Waals surface area contributed by atoms with Crippen LogP contribution in [0.5, 0.6) is 0 Å². The zero-order valence-corrected chi connectivity index (χ0v) is 10.0. The minimum absolute atomic E-state index is 0.112. The van der Waals surface area contributed by atoms with Crippen LogP contribution in [-0.4, -0.2) is 20.2 Å². The lowest BCUT2D eigenvalue weighted by Crippen LogP contribution is -2.11. The van der Waals surface area contributed by atoms with E-state index in [0.717, 1.165) is 5.56 Å². The molecule has 1 atom stereocenters. The maximum atomic E-state index is 13.2. The maximum Gasteiger partial charge on any atom is 0.182 e. The molecule has 0 amide bonds. The second-order valence-electron chi connectivity index (χ2n) is 4.76. The molecule has 2 N–H and O–H groups in total. The summed E-state index contributed by atoms with van der Waals surface area (Å²) in [7, 11) is 0. The van der Waals surface area contributed by atoms with E-state index in [2.05, 4.69) is 22.4 Å². The SMILES string of the molecule is CC(C1CC1)n1nnnc1-c1ccc(F)c(N)c1. The largest absolute Gasteiger partial charge is 0.396 e. The van der Waals surface area contributed by atoms with Crippen molar-refractivity contribution in [2.75, 3.05) is 5.73 Å². The molecule has 0 aliphatic heterocycles. The van der Waals surface area contributed by atoms with Gasteiger partial charge < -0.3 is 5.73 Å². The third kappa shape index (κ3) is 1.83. The van der Waals surface area contributed by atoms with Gasteiger partial charge in [0.05, 0.1) is 11.7 Å². The number of halogens is 1. The van der Waals surface area contributed by atoms with Crippen molar-refractivity contribution in [1.82, 2.24) is 20.2 Å². The summed E-state index contributed by atoms with van der Waals surface area (Å²) < 4.78 is 15.0. The van der Waals surface area contributed by atoms with Gasteiger partial charge in [-0.25, -0.2) is 9.07 Å². The molecule has 0 radical (unpaired) electrons. The summed E-state index contributed by atoms with van der Waals surface area (Å²) in [5.74, 6) is 0.860. The number of anilines is 1. The van der Waals surface area contributed by atoms with Crippen LogP contribution in [0.4, 0.5) is 10.1 Å². The summed E-state index contributed by atoms with van der Waals surface area (Å²) in [6.07, 6.45) is 2.43. The van der Waals surface area contributed by atoms with Crippen molar-refractivity contribution in [3.8, 4) is 11.4 Å². The van der Waals surface area contributed by atoms with Crippen LogP contribution in [0.15, 0.2) is 18.2 Å². The third-order valence-corrected chi connectivity index (χ3v) is 3.44. The second kappa shape index (κ2) is 4.04. The monoisotopic (exact) mass is 247 g/mol. The van der Waals surface area contributed by atoms with Crippen molar-refractivity contribution in [3.63, 3.8) is 0 Å². The van der Waals surface area contributed by atoms with Crippen LogP contribution < -0.4 is 5.73 Å². The van der Waals surface area contributed by atoms with E-state index in [4.69, 9.17) is 5.73 Å². The quantitative estimate of drug-likeness (QED) is 0.842. The lowest BCUT2D eigenvalue weighted by molar-refractivity contribution is 0.433. The molecule has 1 saturated carbocycles. The molecular weight excluding hydrogens is 233 g/mol. The zero-order chi connectivity index (χ0) is 12.7. The van der Waals surface area contributed by atoms with Crippen molar-refractivity contribution in [3.05, 3.63) is 24.0 Å².